The first-order chi connectivity index (χ1) is 12.9. The van der Waals surface area contributed by atoms with Crippen LogP contribution in [0.2, 0.25) is 5.02 Å². The molecule has 1 aromatic heterocycles. The summed E-state index contributed by atoms with van der Waals surface area (Å²) in [6.45, 7) is 5.96. The molecule has 0 aliphatic carbocycles. The maximum atomic E-state index is 12.4. The lowest BCUT2D eigenvalue weighted by Crippen LogP contribution is -2.22. The highest BCUT2D eigenvalue weighted by molar-refractivity contribution is 8.02. The van der Waals surface area contributed by atoms with Crippen molar-refractivity contribution in [2.75, 3.05) is 10.6 Å². The molecule has 0 aliphatic heterocycles. The van der Waals surface area contributed by atoms with Gasteiger partial charge in [-0.3, -0.25) is 4.79 Å². The van der Waals surface area contributed by atoms with Crippen LogP contribution in [0.3, 0.4) is 0 Å². The first-order valence-electron chi connectivity index (χ1n) is 8.33. The van der Waals surface area contributed by atoms with E-state index >= 15 is 0 Å². The van der Waals surface area contributed by atoms with Crippen LogP contribution in [0.5, 0.6) is 0 Å². The molecule has 2 aromatic carbocycles. The summed E-state index contributed by atoms with van der Waals surface area (Å²) in [5.74, 6) is -0.132. The van der Waals surface area contributed by atoms with Gasteiger partial charge in [0.15, 0.2) is 4.34 Å². The quantitative estimate of drug-likeness (QED) is 0.504. The van der Waals surface area contributed by atoms with Crippen LogP contribution in [-0.2, 0) is 4.79 Å². The van der Waals surface area contributed by atoms with E-state index in [9.17, 15) is 4.79 Å². The number of hydrogen-bond acceptors (Lipinski definition) is 6. The van der Waals surface area contributed by atoms with Crippen LogP contribution < -0.4 is 10.6 Å². The highest BCUT2D eigenvalue weighted by Crippen LogP contribution is 2.32. The van der Waals surface area contributed by atoms with E-state index in [1.165, 1.54) is 34.2 Å². The van der Waals surface area contributed by atoms with Crippen molar-refractivity contribution in [3.63, 3.8) is 0 Å². The van der Waals surface area contributed by atoms with E-state index in [1.54, 1.807) is 12.1 Å². The Morgan fingerprint density at radius 1 is 1.11 bits per heavy atom. The van der Waals surface area contributed by atoms with Crippen LogP contribution in [0, 0.1) is 13.8 Å². The van der Waals surface area contributed by atoms with Crippen LogP contribution in [0.15, 0.2) is 46.8 Å². The molecule has 0 saturated carbocycles. The van der Waals surface area contributed by atoms with Crippen LogP contribution >= 0.6 is 34.7 Å². The number of aryl methyl sites for hydroxylation is 1. The number of benzene rings is 2. The molecule has 1 heterocycles. The second kappa shape index (κ2) is 8.73. The van der Waals surface area contributed by atoms with Crippen LogP contribution in [0.25, 0.3) is 0 Å². The summed E-state index contributed by atoms with van der Waals surface area (Å²) in [4.78, 5) is 12.4. The molecule has 1 unspecified atom stereocenters. The number of carbonyl (C=O) groups is 1. The number of anilines is 3. The van der Waals surface area contributed by atoms with Gasteiger partial charge in [0.1, 0.15) is 0 Å². The standard InChI is InChI=1S/C19H19ClN4OS2/c1-11-7-6-10-15(12(11)2)22-18-23-24-19(27-18)26-13(3)17(25)21-16-9-5-4-8-14(16)20/h4-10,13H,1-3H3,(H,21,25)(H,22,23). The number of thioether (sulfide) groups is 1. The zero-order valence-corrected chi connectivity index (χ0v) is 17.5. The SMILES string of the molecule is Cc1cccc(Nc2nnc(SC(C)C(=O)Nc3ccccc3Cl)s2)c1C. The molecular weight excluding hydrogens is 400 g/mol. The highest BCUT2D eigenvalue weighted by Gasteiger charge is 2.18. The van der Waals surface area contributed by atoms with Crippen LogP contribution in [0.4, 0.5) is 16.5 Å². The van der Waals surface area contributed by atoms with Crippen molar-refractivity contribution >= 4 is 57.1 Å². The van der Waals surface area contributed by atoms with Crippen LogP contribution in [-0.4, -0.2) is 21.4 Å². The Kier molecular flexibility index (Phi) is 6.36. The van der Waals surface area contributed by atoms with Gasteiger partial charge in [-0.25, -0.2) is 0 Å². The number of amides is 1. The summed E-state index contributed by atoms with van der Waals surface area (Å²) in [5, 5.41) is 15.4. The van der Waals surface area contributed by atoms with E-state index < -0.39 is 0 Å². The molecule has 2 N–H and O–H groups in total. The van der Waals surface area contributed by atoms with E-state index in [4.69, 9.17) is 11.6 Å². The molecule has 1 amide bonds. The molecule has 0 aliphatic rings. The van der Waals surface area contributed by atoms with Gasteiger partial charge in [0.25, 0.3) is 0 Å². The number of aromatic nitrogens is 2. The number of hydrogen-bond donors (Lipinski definition) is 2. The minimum atomic E-state index is -0.331. The molecule has 0 saturated heterocycles. The third kappa shape index (κ3) is 5.00. The lowest BCUT2D eigenvalue weighted by atomic mass is 10.1. The lowest BCUT2D eigenvalue weighted by molar-refractivity contribution is -0.115. The van der Waals surface area contributed by atoms with Gasteiger partial charge in [-0.1, -0.05) is 59.0 Å². The third-order valence-corrected chi connectivity index (χ3v) is 6.38. The third-order valence-electron chi connectivity index (χ3n) is 4.03. The van der Waals surface area contributed by atoms with Crippen molar-refractivity contribution < 1.29 is 4.79 Å². The number of para-hydroxylation sites is 1. The minimum Gasteiger partial charge on any atom is -0.330 e. The topological polar surface area (TPSA) is 66.9 Å². The van der Waals surface area contributed by atoms with Gasteiger partial charge in [-0.15, -0.1) is 10.2 Å². The van der Waals surface area contributed by atoms with Gasteiger partial charge in [0.05, 0.1) is 16.0 Å². The van der Waals surface area contributed by atoms with Crippen molar-refractivity contribution in [1.82, 2.24) is 10.2 Å². The average molecular weight is 419 g/mol. The molecule has 8 heteroatoms. The molecule has 27 heavy (non-hydrogen) atoms. The Morgan fingerprint density at radius 2 is 1.85 bits per heavy atom. The summed E-state index contributed by atoms with van der Waals surface area (Å²) >= 11 is 8.87. The normalized spacial score (nSPS) is 11.9. The monoisotopic (exact) mass is 418 g/mol. The molecule has 3 rings (SSSR count). The van der Waals surface area contributed by atoms with Gasteiger partial charge in [-0.05, 0) is 50.1 Å². The van der Waals surface area contributed by atoms with E-state index in [0.717, 1.165) is 10.0 Å². The largest absolute Gasteiger partial charge is 0.330 e. The molecule has 0 bridgehead atoms. The smallest absolute Gasteiger partial charge is 0.237 e. The van der Waals surface area contributed by atoms with Crippen molar-refractivity contribution in [1.29, 1.82) is 0 Å². The van der Waals surface area contributed by atoms with Crippen molar-refractivity contribution in [2.24, 2.45) is 0 Å². The Balaban J connectivity index is 1.62. The molecule has 1 atom stereocenters. The molecule has 0 radical (unpaired) electrons. The zero-order valence-electron chi connectivity index (χ0n) is 15.1. The van der Waals surface area contributed by atoms with Crippen molar-refractivity contribution in [3.05, 3.63) is 58.6 Å². The fourth-order valence-corrected chi connectivity index (χ4v) is 4.40. The first-order valence-corrected chi connectivity index (χ1v) is 10.4. The van der Waals surface area contributed by atoms with E-state index in [1.807, 2.05) is 31.2 Å². The molecule has 0 spiro atoms. The number of carbonyl (C=O) groups excluding carboxylic acids is 1. The van der Waals surface area contributed by atoms with E-state index in [2.05, 4.69) is 40.7 Å². The Hall–Kier alpha value is -2.09. The minimum absolute atomic E-state index is 0.132. The fraction of sp³-hybridized carbons (Fsp3) is 0.211. The Morgan fingerprint density at radius 3 is 2.63 bits per heavy atom. The molecular formula is C19H19ClN4OS2. The summed E-state index contributed by atoms with van der Waals surface area (Å²) in [7, 11) is 0. The highest BCUT2D eigenvalue weighted by atomic mass is 35.5. The van der Waals surface area contributed by atoms with Crippen molar-refractivity contribution in [3.8, 4) is 0 Å². The predicted octanol–water partition coefficient (Wildman–Crippen LogP) is 5.67. The first kappa shape index (κ1) is 19.7. The van der Waals surface area contributed by atoms with Crippen LogP contribution in [0.1, 0.15) is 18.1 Å². The maximum Gasteiger partial charge on any atom is 0.237 e. The van der Waals surface area contributed by atoms with Crippen molar-refractivity contribution in [2.45, 2.75) is 30.4 Å². The van der Waals surface area contributed by atoms with E-state index in [-0.39, 0.29) is 11.2 Å². The molecule has 5 nitrogen and oxygen atoms in total. The average Bonchev–Trinajstić information content (AvgIpc) is 3.08. The summed E-state index contributed by atoms with van der Waals surface area (Å²) in [6.07, 6.45) is 0. The second-order valence-corrected chi connectivity index (χ2v) is 8.95. The summed E-state index contributed by atoms with van der Waals surface area (Å²) in [6, 6.07) is 13.2. The molecule has 3 aromatic rings. The zero-order chi connectivity index (χ0) is 19.4. The number of halogens is 1. The van der Waals surface area contributed by atoms with E-state index in [0.29, 0.717) is 15.8 Å². The second-order valence-electron chi connectivity index (χ2n) is 5.97. The predicted molar refractivity (Wildman–Crippen MR) is 115 cm³/mol. The van der Waals surface area contributed by atoms with Gasteiger partial charge >= 0.3 is 0 Å². The van der Waals surface area contributed by atoms with Gasteiger partial charge in [0.2, 0.25) is 11.0 Å². The van der Waals surface area contributed by atoms with Gasteiger partial charge < -0.3 is 10.6 Å². The Labute approximate surface area is 171 Å². The number of nitrogens with zero attached hydrogens (tertiary/aromatic N) is 2. The van der Waals surface area contributed by atoms with Gasteiger partial charge in [0, 0.05) is 5.69 Å². The lowest BCUT2D eigenvalue weighted by Gasteiger charge is -2.11. The number of rotatable bonds is 6. The molecule has 0 fully saturated rings. The Bertz CT molecular complexity index is 960. The summed E-state index contributed by atoms with van der Waals surface area (Å²) < 4.78 is 0.726. The molecule has 140 valence electrons. The van der Waals surface area contributed by atoms with Gasteiger partial charge in [-0.2, -0.15) is 0 Å². The number of nitrogens with one attached hydrogen (secondary N) is 2. The fourth-order valence-electron chi connectivity index (χ4n) is 2.31. The maximum absolute atomic E-state index is 12.4. The summed E-state index contributed by atoms with van der Waals surface area (Å²) in [5.41, 5.74) is 4.00.